The number of allylic oxidation sites excluding steroid dienone is 1. The molecule has 0 saturated carbocycles. The van der Waals surface area contributed by atoms with E-state index < -0.39 is 5.60 Å². The van der Waals surface area contributed by atoms with Crippen molar-refractivity contribution in [3.63, 3.8) is 0 Å². The van der Waals surface area contributed by atoms with Crippen molar-refractivity contribution in [3.8, 4) is 0 Å². The van der Waals surface area contributed by atoms with Crippen molar-refractivity contribution in [1.29, 1.82) is 0 Å². The summed E-state index contributed by atoms with van der Waals surface area (Å²) in [7, 11) is 1.39. The van der Waals surface area contributed by atoms with Gasteiger partial charge in [0.1, 0.15) is 5.60 Å². The van der Waals surface area contributed by atoms with Crippen molar-refractivity contribution in [3.05, 3.63) is 76.4 Å². The molecule has 1 fully saturated rings. The predicted molar refractivity (Wildman–Crippen MR) is 130 cm³/mol. The Kier molecular flexibility index (Phi) is 6.60. The topological polar surface area (TPSA) is 72.9 Å². The molecule has 2 aliphatic rings. The zero-order valence-corrected chi connectivity index (χ0v) is 20.2. The first-order valence-electron chi connectivity index (χ1n) is 11.7. The number of ketones is 1. The molecule has 0 spiro atoms. The number of aryl methyl sites for hydroxylation is 1. The number of hydrogen-bond donors (Lipinski definition) is 0. The second-order valence-corrected chi connectivity index (χ2v) is 9.90. The number of methoxy groups -OCH3 is 1. The van der Waals surface area contributed by atoms with Crippen LogP contribution in [0.25, 0.3) is 5.57 Å². The fraction of sp³-hybridized carbons (Fsp3) is 0.393. The maximum absolute atomic E-state index is 12.9. The van der Waals surface area contributed by atoms with Crippen LogP contribution in [0.1, 0.15) is 71.0 Å². The Morgan fingerprint density at radius 3 is 2.29 bits per heavy atom. The molecule has 1 heterocycles. The molecule has 1 aliphatic carbocycles. The molecule has 0 radical (unpaired) electrons. The van der Waals surface area contributed by atoms with Gasteiger partial charge in [0.25, 0.3) is 0 Å². The average molecular weight is 462 g/mol. The Balaban J connectivity index is 1.46. The zero-order valence-electron chi connectivity index (χ0n) is 20.2. The van der Waals surface area contributed by atoms with Gasteiger partial charge in [0.2, 0.25) is 0 Å². The van der Waals surface area contributed by atoms with Gasteiger partial charge in [-0.3, -0.25) is 4.79 Å². The van der Waals surface area contributed by atoms with Crippen LogP contribution in [-0.4, -0.2) is 48.5 Å². The van der Waals surface area contributed by atoms with E-state index in [1.54, 1.807) is 11.0 Å². The molecule has 1 amide bonds. The van der Waals surface area contributed by atoms with Crippen LogP contribution in [0.3, 0.4) is 0 Å². The van der Waals surface area contributed by atoms with Crippen molar-refractivity contribution in [1.82, 2.24) is 4.90 Å². The number of nitrogens with zero attached hydrogens (tertiary/aromatic N) is 1. The number of esters is 1. The summed E-state index contributed by atoms with van der Waals surface area (Å²) in [5, 5.41) is 0. The summed E-state index contributed by atoms with van der Waals surface area (Å²) < 4.78 is 10.2. The molecule has 1 saturated heterocycles. The van der Waals surface area contributed by atoms with Crippen LogP contribution in [0.4, 0.5) is 4.79 Å². The lowest BCUT2D eigenvalue weighted by Gasteiger charge is -2.38. The lowest BCUT2D eigenvalue weighted by Crippen LogP contribution is -2.54. The molecule has 0 unspecified atom stereocenters. The standard InChI is InChI=1S/C28H31NO5/c1-28(2,3)34-27(32)29-16-22(17-29)25(30)19-11-9-18(10-12-19)23-8-6-5-7-20-15-21(26(31)33-4)13-14-24(20)23/h8-15,22H,5-7,16-17H2,1-4H3. The monoisotopic (exact) mass is 461 g/mol. The van der Waals surface area contributed by atoms with E-state index in [1.165, 1.54) is 7.11 Å². The fourth-order valence-corrected chi connectivity index (χ4v) is 4.40. The largest absolute Gasteiger partial charge is 0.465 e. The van der Waals surface area contributed by atoms with Crippen LogP contribution in [0.5, 0.6) is 0 Å². The van der Waals surface area contributed by atoms with E-state index in [-0.39, 0.29) is 23.8 Å². The first kappa shape index (κ1) is 23.7. The summed E-state index contributed by atoms with van der Waals surface area (Å²) in [4.78, 5) is 38.6. The van der Waals surface area contributed by atoms with Crippen molar-refractivity contribution < 1.29 is 23.9 Å². The van der Waals surface area contributed by atoms with Crippen molar-refractivity contribution in [2.75, 3.05) is 20.2 Å². The summed E-state index contributed by atoms with van der Waals surface area (Å²) in [6, 6.07) is 13.4. The van der Waals surface area contributed by atoms with Crippen molar-refractivity contribution in [2.24, 2.45) is 5.92 Å². The summed E-state index contributed by atoms with van der Waals surface area (Å²) >= 11 is 0. The number of likely N-dealkylation sites (tertiary alicyclic amines) is 1. The van der Waals surface area contributed by atoms with Gasteiger partial charge >= 0.3 is 12.1 Å². The summed E-state index contributed by atoms with van der Waals surface area (Å²) in [5.74, 6) is -0.487. The van der Waals surface area contributed by atoms with E-state index in [2.05, 4.69) is 6.08 Å². The van der Waals surface area contributed by atoms with E-state index in [0.29, 0.717) is 24.2 Å². The molecule has 178 valence electrons. The number of benzene rings is 2. The highest BCUT2D eigenvalue weighted by Gasteiger charge is 2.38. The maximum atomic E-state index is 12.9. The number of carbonyl (C=O) groups excluding carboxylic acids is 3. The maximum Gasteiger partial charge on any atom is 0.410 e. The SMILES string of the molecule is COC(=O)c1ccc2c(c1)CCCC=C2c1ccc(C(=O)C2CN(C(=O)OC(C)(C)C)C2)cc1. The van der Waals surface area contributed by atoms with Crippen LogP contribution in [0.2, 0.25) is 0 Å². The molecule has 2 aromatic carbocycles. The van der Waals surface area contributed by atoms with Crippen LogP contribution in [-0.2, 0) is 15.9 Å². The van der Waals surface area contributed by atoms with Crippen molar-refractivity contribution in [2.45, 2.75) is 45.6 Å². The highest BCUT2D eigenvalue weighted by atomic mass is 16.6. The molecular formula is C28H31NO5. The van der Waals surface area contributed by atoms with Gasteiger partial charge in [-0.25, -0.2) is 9.59 Å². The van der Waals surface area contributed by atoms with Crippen LogP contribution < -0.4 is 0 Å². The van der Waals surface area contributed by atoms with Gasteiger partial charge < -0.3 is 14.4 Å². The molecule has 0 atom stereocenters. The first-order valence-corrected chi connectivity index (χ1v) is 11.7. The Morgan fingerprint density at radius 2 is 1.65 bits per heavy atom. The van der Waals surface area contributed by atoms with Gasteiger partial charge in [-0.2, -0.15) is 0 Å². The normalized spacial score (nSPS) is 16.0. The average Bonchev–Trinajstić information content (AvgIpc) is 2.98. The summed E-state index contributed by atoms with van der Waals surface area (Å²) in [6.45, 7) is 6.26. The second kappa shape index (κ2) is 9.45. The first-order chi connectivity index (χ1) is 16.2. The number of ether oxygens (including phenoxy) is 2. The highest BCUT2D eigenvalue weighted by Crippen LogP contribution is 2.32. The molecule has 6 nitrogen and oxygen atoms in total. The third kappa shape index (κ3) is 5.06. The van der Waals surface area contributed by atoms with Crippen LogP contribution in [0.15, 0.2) is 48.5 Å². The number of fused-ring (bicyclic) bond motifs is 1. The van der Waals surface area contributed by atoms with Gasteiger partial charge in [-0.1, -0.05) is 36.4 Å². The quantitative estimate of drug-likeness (QED) is 0.457. The molecule has 1 aliphatic heterocycles. The van der Waals surface area contributed by atoms with Gasteiger partial charge in [-0.05, 0) is 74.4 Å². The van der Waals surface area contributed by atoms with Crippen LogP contribution >= 0.6 is 0 Å². The Bertz CT molecular complexity index is 1130. The lowest BCUT2D eigenvalue weighted by atomic mass is 9.88. The molecule has 0 bridgehead atoms. The van der Waals surface area contributed by atoms with Gasteiger partial charge in [0.05, 0.1) is 18.6 Å². The number of Topliss-reactive ketones (excluding diaryl/α,β-unsaturated/α-hetero) is 1. The zero-order chi connectivity index (χ0) is 24.5. The lowest BCUT2D eigenvalue weighted by molar-refractivity contribution is 0.00147. The second-order valence-electron chi connectivity index (χ2n) is 9.90. The molecule has 34 heavy (non-hydrogen) atoms. The Labute approximate surface area is 200 Å². The molecular weight excluding hydrogens is 430 g/mol. The van der Waals surface area contributed by atoms with Gasteiger partial charge in [0, 0.05) is 18.7 Å². The molecule has 0 N–H and O–H groups in total. The smallest absolute Gasteiger partial charge is 0.410 e. The number of hydrogen-bond acceptors (Lipinski definition) is 5. The van der Waals surface area contributed by atoms with E-state index >= 15 is 0 Å². The van der Waals surface area contributed by atoms with E-state index in [0.717, 1.165) is 41.5 Å². The highest BCUT2D eigenvalue weighted by molar-refractivity contribution is 6.00. The number of rotatable bonds is 4. The summed E-state index contributed by atoms with van der Waals surface area (Å²) in [5.41, 5.74) is 5.04. The van der Waals surface area contributed by atoms with Crippen molar-refractivity contribution >= 4 is 23.4 Å². The third-order valence-electron chi connectivity index (χ3n) is 6.20. The number of carbonyl (C=O) groups is 3. The molecule has 6 heteroatoms. The fourth-order valence-electron chi connectivity index (χ4n) is 4.40. The van der Waals surface area contributed by atoms with E-state index in [1.807, 2.05) is 57.2 Å². The minimum Gasteiger partial charge on any atom is -0.465 e. The van der Waals surface area contributed by atoms with E-state index in [4.69, 9.17) is 9.47 Å². The minimum atomic E-state index is -0.547. The van der Waals surface area contributed by atoms with Gasteiger partial charge in [-0.15, -0.1) is 0 Å². The van der Waals surface area contributed by atoms with E-state index in [9.17, 15) is 14.4 Å². The summed E-state index contributed by atoms with van der Waals surface area (Å²) in [6.07, 6.45) is 4.70. The molecule has 2 aromatic rings. The van der Waals surface area contributed by atoms with Crippen LogP contribution in [0, 0.1) is 5.92 Å². The van der Waals surface area contributed by atoms with Gasteiger partial charge in [0.15, 0.2) is 5.78 Å². The minimum absolute atomic E-state index is 0.0457. The molecule has 4 rings (SSSR count). The molecule has 0 aromatic heterocycles. The Morgan fingerprint density at radius 1 is 0.971 bits per heavy atom. The predicted octanol–water partition coefficient (Wildman–Crippen LogP) is 5.29. The Hall–Kier alpha value is -3.41. The number of amides is 1. The third-order valence-corrected chi connectivity index (χ3v) is 6.20.